The highest BCUT2D eigenvalue weighted by Crippen LogP contribution is 2.43. The number of thiophene rings is 2. The zero-order valence-corrected chi connectivity index (χ0v) is 28.6. The lowest BCUT2D eigenvalue weighted by atomic mass is 10.0. The number of rotatable bonds is 3. The Morgan fingerprint density at radius 3 is 2.00 bits per heavy atom. The standard InChI is InChI=1S/C45H24N4S2/c46-25-26-13-15-27(16-14-26)30-17-19-41-36(22-30)42-43(51-41)45(48-44(47-42)31-18-20-40-35(23-31)33-10-4-6-12-39(33)50-40)49-37-11-5-3-9-32(37)34-21-28-7-1-2-8-29(28)24-38(34)49/h1-24H. The zero-order chi connectivity index (χ0) is 33.6. The Balaban J connectivity index is 1.24. The van der Waals surface area contributed by atoms with Gasteiger partial charge in [-0.05, 0) is 88.6 Å². The summed E-state index contributed by atoms with van der Waals surface area (Å²) in [6.07, 6.45) is 0. The van der Waals surface area contributed by atoms with Gasteiger partial charge in [0.05, 0.1) is 32.9 Å². The molecule has 11 rings (SSSR count). The SMILES string of the molecule is N#Cc1ccc(-c2ccc3sc4c(-n5c6ccccc6c6cc7ccccc7cc65)nc(-c5ccc6sc7ccccc7c6c5)nc4c3c2)cc1. The van der Waals surface area contributed by atoms with E-state index >= 15 is 0 Å². The summed E-state index contributed by atoms with van der Waals surface area (Å²) in [5.74, 6) is 1.58. The smallest absolute Gasteiger partial charge is 0.162 e. The van der Waals surface area contributed by atoms with Crippen molar-refractivity contribution >= 4 is 95.7 Å². The Kier molecular flexibility index (Phi) is 6.03. The number of benzene rings is 7. The molecule has 6 heteroatoms. The lowest BCUT2D eigenvalue weighted by Crippen LogP contribution is -2.01. The van der Waals surface area contributed by atoms with Crippen LogP contribution in [0.25, 0.3) is 101 Å². The van der Waals surface area contributed by atoms with Crippen LogP contribution >= 0.6 is 22.7 Å². The van der Waals surface area contributed by atoms with Crippen LogP contribution in [0.2, 0.25) is 0 Å². The molecular formula is C45H24N4S2. The summed E-state index contributed by atoms with van der Waals surface area (Å²) in [4.78, 5) is 10.9. The highest BCUT2D eigenvalue weighted by Gasteiger charge is 2.22. The van der Waals surface area contributed by atoms with Gasteiger partial charge in [0.1, 0.15) is 0 Å². The molecule has 0 amide bonds. The van der Waals surface area contributed by atoms with Crippen molar-refractivity contribution in [3.8, 4) is 34.4 Å². The molecule has 51 heavy (non-hydrogen) atoms. The largest absolute Gasteiger partial charge is 0.292 e. The number of nitrogens with zero attached hydrogens (tertiary/aromatic N) is 4. The number of hydrogen-bond donors (Lipinski definition) is 0. The Bertz CT molecular complexity index is 3270. The van der Waals surface area contributed by atoms with Gasteiger partial charge in [-0.15, -0.1) is 22.7 Å². The molecule has 0 fully saturated rings. The van der Waals surface area contributed by atoms with Gasteiger partial charge >= 0.3 is 0 Å². The van der Waals surface area contributed by atoms with Crippen molar-refractivity contribution in [1.29, 1.82) is 5.26 Å². The van der Waals surface area contributed by atoms with Crippen molar-refractivity contribution < 1.29 is 0 Å². The van der Waals surface area contributed by atoms with Gasteiger partial charge in [0, 0.05) is 46.6 Å². The molecule has 7 aromatic carbocycles. The van der Waals surface area contributed by atoms with Crippen LogP contribution in [0.4, 0.5) is 0 Å². The maximum absolute atomic E-state index is 9.37. The normalized spacial score (nSPS) is 11.9. The number of para-hydroxylation sites is 1. The maximum atomic E-state index is 9.37. The number of nitriles is 1. The second-order valence-corrected chi connectivity index (χ2v) is 15.1. The summed E-state index contributed by atoms with van der Waals surface area (Å²) in [7, 11) is 0. The van der Waals surface area contributed by atoms with Crippen molar-refractivity contribution in [1.82, 2.24) is 14.5 Å². The average Bonchev–Trinajstić information content (AvgIpc) is 3.85. The molecule has 4 aromatic heterocycles. The first kappa shape index (κ1) is 28.4. The molecule has 0 aliphatic rings. The molecule has 0 atom stereocenters. The summed E-state index contributed by atoms with van der Waals surface area (Å²) in [6.45, 7) is 0. The third-order valence-electron chi connectivity index (χ3n) is 10.0. The van der Waals surface area contributed by atoms with Crippen molar-refractivity contribution in [2.45, 2.75) is 0 Å². The van der Waals surface area contributed by atoms with Gasteiger partial charge in [0.25, 0.3) is 0 Å². The van der Waals surface area contributed by atoms with Gasteiger partial charge in [0.15, 0.2) is 11.6 Å². The number of aromatic nitrogens is 3. The van der Waals surface area contributed by atoms with Crippen LogP contribution in [0.15, 0.2) is 146 Å². The third kappa shape index (κ3) is 4.29. The molecule has 0 saturated carbocycles. The molecule has 236 valence electrons. The van der Waals surface area contributed by atoms with E-state index in [0.717, 1.165) is 53.8 Å². The molecule has 4 heterocycles. The van der Waals surface area contributed by atoms with E-state index in [2.05, 4.69) is 132 Å². The quantitative estimate of drug-likeness (QED) is 0.186. The fourth-order valence-electron chi connectivity index (χ4n) is 7.58. The van der Waals surface area contributed by atoms with Crippen molar-refractivity contribution in [2.24, 2.45) is 0 Å². The second kappa shape index (κ2) is 10.8. The maximum Gasteiger partial charge on any atom is 0.162 e. The Labute approximate surface area is 299 Å². The molecule has 0 radical (unpaired) electrons. The second-order valence-electron chi connectivity index (χ2n) is 12.9. The van der Waals surface area contributed by atoms with Crippen molar-refractivity contribution in [2.75, 3.05) is 0 Å². The summed E-state index contributed by atoms with van der Waals surface area (Å²) in [6, 6.07) is 53.7. The predicted octanol–water partition coefficient (Wildman–Crippen LogP) is 12.7. The van der Waals surface area contributed by atoms with Crippen LogP contribution in [-0.2, 0) is 0 Å². The molecular weight excluding hydrogens is 661 g/mol. The van der Waals surface area contributed by atoms with Crippen LogP contribution in [0, 0.1) is 11.3 Å². The minimum absolute atomic E-state index is 0.650. The van der Waals surface area contributed by atoms with Crippen LogP contribution in [0.3, 0.4) is 0 Å². The number of hydrogen-bond acceptors (Lipinski definition) is 5. The molecule has 11 aromatic rings. The van der Waals surface area contributed by atoms with Crippen LogP contribution in [0.1, 0.15) is 5.56 Å². The highest BCUT2D eigenvalue weighted by atomic mass is 32.1. The van der Waals surface area contributed by atoms with Gasteiger partial charge in [-0.2, -0.15) is 5.26 Å². The van der Waals surface area contributed by atoms with E-state index < -0.39 is 0 Å². The van der Waals surface area contributed by atoms with Crippen molar-refractivity contribution in [3.05, 3.63) is 151 Å². The Hall–Kier alpha value is -6.39. The molecule has 0 N–H and O–H groups in total. The third-order valence-corrected chi connectivity index (χ3v) is 12.3. The Morgan fingerprint density at radius 1 is 0.490 bits per heavy atom. The molecule has 0 aliphatic heterocycles. The summed E-state index contributed by atoms with van der Waals surface area (Å²) in [5, 5.41) is 17.7. The summed E-state index contributed by atoms with van der Waals surface area (Å²) >= 11 is 3.56. The molecule has 0 saturated heterocycles. The average molecular weight is 685 g/mol. The Morgan fingerprint density at radius 2 is 1.16 bits per heavy atom. The van der Waals surface area contributed by atoms with Crippen LogP contribution in [-0.4, -0.2) is 14.5 Å². The van der Waals surface area contributed by atoms with E-state index in [0.29, 0.717) is 11.4 Å². The van der Waals surface area contributed by atoms with Gasteiger partial charge in [0.2, 0.25) is 0 Å². The lowest BCUT2D eigenvalue weighted by molar-refractivity contribution is 1.08. The van der Waals surface area contributed by atoms with E-state index in [4.69, 9.17) is 9.97 Å². The van der Waals surface area contributed by atoms with E-state index in [9.17, 15) is 5.26 Å². The fraction of sp³-hybridized carbons (Fsp3) is 0. The van der Waals surface area contributed by atoms with Crippen molar-refractivity contribution in [3.63, 3.8) is 0 Å². The predicted molar refractivity (Wildman–Crippen MR) is 215 cm³/mol. The van der Waals surface area contributed by atoms with E-state index in [1.54, 1.807) is 11.3 Å². The highest BCUT2D eigenvalue weighted by molar-refractivity contribution is 7.26. The van der Waals surface area contributed by atoms with E-state index in [1.807, 2.05) is 35.6 Å². The van der Waals surface area contributed by atoms with Crippen LogP contribution < -0.4 is 0 Å². The summed E-state index contributed by atoms with van der Waals surface area (Å²) < 4.78 is 7.08. The summed E-state index contributed by atoms with van der Waals surface area (Å²) in [5.41, 5.74) is 6.96. The minimum atomic E-state index is 0.650. The van der Waals surface area contributed by atoms with Gasteiger partial charge in [-0.25, -0.2) is 9.97 Å². The molecule has 0 unspecified atom stereocenters. The van der Waals surface area contributed by atoms with Gasteiger partial charge < -0.3 is 0 Å². The topological polar surface area (TPSA) is 54.5 Å². The van der Waals surface area contributed by atoms with E-state index in [1.165, 1.54) is 41.7 Å². The van der Waals surface area contributed by atoms with Crippen LogP contribution in [0.5, 0.6) is 0 Å². The number of fused-ring (bicyclic) bond motifs is 10. The molecule has 0 spiro atoms. The zero-order valence-electron chi connectivity index (χ0n) is 27.0. The first-order valence-electron chi connectivity index (χ1n) is 16.8. The first-order chi connectivity index (χ1) is 25.2. The molecule has 0 bridgehead atoms. The van der Waals surface area contributed by atoms with Gasteiger partial charge in [-0.1, -0.05) is 78.9 Å². The molecule has 0 aliphatic carbocycles. The van der Waals surface area contributed by atoms with E-state index in [-0.39, 0.29) is 0 Å². The fourth-order valence-corrected chi connectivity index (χ4v) is 9.76. The van der Waals surface area contributed by atoms with Gasteiger partial charge in [-0.3, -0.25) is 4.57 Å². The monoisotopic (exact) mass is 684 g/mol. The minimum Gasteiger partial charge on any atom is -0.292 e. The lowest BCUT2D eigenvalue weighted by Gasteiger charge is -2.11. The molecule has 4 nitrogen and oxygen atoms in total. The first-order valence-corrected chi connectivity index (χ1v) is 18.4.